The molecule has 6 nitrogen and oxygen atoms in total. The van der Waals surface area contributed by atoms with Gasteiger partial charge in [0, 0.05) is 18.6 Å². The highest BCUT2D eigenvalue weighted by atomic mass is 32.1. The summed E-state index contributed by atoms with van der Waals surface area (Å²) < 4.78 is 12.3. The van der Waals surface area contributed by atoms with E-state index in [9.17, 15) is 4.79 Å². The van der Waals surface area contributed by atoms with Gasteiger partial charge in [0.25, 0.3) is 0 Å². The molecule has 2 heterocycles. The van der Waals surface area contributed by atoms with Crippen LogP contribution in [0.3, 0.4) is 0 Å². The van der Waals surface area contributed by atoms with E-state index in [0.717, 1.165) is 11.0 Å². The van der Waals surface area contributed by atoms with Crippen LogP contribution in [0.4, 0.5) is 0 Å². The molecule has 0 aliphatic rings. The molecular formula is C12H12N4O2S. The molecule has 19 heavy (non-hydrogen) atoms. The van der Waals surface area contributed by atoms with E-state index in [2.05, 4.69) is 9.36 Å². The van der Waals surface area contributed by atoms with Crippen molar-refractivity contribution in [2.75, 3.05) is 13.7 Å². The first-order valence-electron chi connectivity index (χ1n) is 5.79. The SMILES string of the molecule is COCCn1c(=O)n(-c2ncns2)c2ccccc21. The van der Waals surface area contributed by atoms with Crippen molar-refractivity contribution in [3.05, 3.63) is 41.1 Å². The lowest BCUT2D eigenvalue weighted by Crippen LogP contribution is -2.24. The molecule has 0 unspecified atom stereocenters. The molecule has 0 saturated heterocycles. The predicted molar refractivity (Wildman–Crippen MR) is 72.9 cm³/mol. The normalized spacial score (nSPS) is 11.2. The van der Waals surface area contributed by atoms with Crippen LogP contribution in [-0.4, -0.2) is 32.2 Å². The van der Waals surface area contributed by atoms with Crippen LogP contribution in [0.5, 0.6) is 0 Å². The van der Waals surface area contributed by atoms with Crippen molar-refractivity contribution in [2.45, 2.75) is 6.54 Å². The number of imidazole rings is 1. The molecule has 0 N–H and O–H groups in total. The zero-order valence-corrected chi connectivity index (χ0v) is 11.1. The average molecular weight is 276 g/mol. The number of methoxy groups -OCH3 is 1. The Morgan fingerprint density at radius 1 is 1.32 bits per heavy atom. The van der Waals surface area contributed by atoms with Crippen LogP contribution < -0.4 is 5.69 Å². The fourth-order valence-electron chi connectivity index (χ4n) is 2.06. The minimum absolute atomic E-state index is 0.116. The molecule has 0 amide bonds. The maximum absolute atomic E-state index is 12.5. The highest BCUT2D eigenvalue weighted by Gasteiger charge is 2.15. The molecule has 0 bridgehead atoms. The van der Waals surface area contributed by atoms with E-state index in [4.69, 9.17) is 4.74 Å². The van der Waals surface area contributed by atoms with E-state index in [1.165, 1.54) is 17.9 Å². The van der Waals surface area contributed by atoms with Gasteiger partial charge in [-0.15, -0.1) is 0 Å². The minimum atomic E-state index is -0.116. The fraction of sp³-hybridized carbons (Fsp3) is 0.250. The lowest BCUT2D eigenvalue weighted by molar-refractivity contribution is 0.187. The third kappa shape index (κ3) is 1.96. The number of ether oxygens (including phenoxy) is 1. The molecule has 0 fully saturated rings. The topological polar surface area (TPSA) is 61.9 Å². The van der Waals surface area contributed by atoms with E-state index in [0.29, 0.717) is 18.3 Å². The number of aromatic nitrogens is 4. The molecule has 0 atom stereocenters. The lowest BCUT2D eigenvalue weighted by Gasteiger charge is -2.00. The molecule has 3 aromatic rings. The van der Waals surface area contributed by atoms with Crippen LogP contribution in [0.1, 0.15) is 0 Å². The zero-order valence-electron chi connectivity index (χ0n) is 10.3. The summed E-state index contributed by atoms with van der Waals surface area (Å²) in [5.41, 5.74) is 1.59. The van der Waals surface area contributed by atoms with Crippen LogP contribution in [-0.2, 0) is 11.3 Å². The van der Waals surface area contributed by atoms with Crippen molar-refractivity contribution < 1.29 is 4.74 Å². The van der Waals surface area contributed by atoms with Crippen molar-refractivity contribution in [1.29, 1.82) is 0 Å². The van der Waals surface area contributed by atoms with Crippen LogP contribution in [0.25, 0.3) is 16.2 Å². The minimum Gasteiger partial charge on any atom is -0.383 e. The fourth-order valence-corrected chi connectivity index (χ4v) is 2.60. The van der Waals surface area contributed by atoms with E-state index in [1.807, 2.05) is 24.3 Å². The van der Waals surface area contributed by atoms with E-state index < -0.39 is 0 Å². The monoisotopic (exact) mass is 276 g/mol. The van der Waals surface area contributed by atoms with Crippen LogP contribution in [0.15, 0.2) is 35.4 Å². The van der Waals surface area contributed by atoms with E-state index in [-0.39, 0.29) is 5.69 Å². The number of benzene rings is 1. The quantitative estimate of drug-likeness (QED) is 0.720. The first kappa shape index (κ1) is 12.1. The molecule has 1 aromatic carbocycles. The van der Waals surface area contributed by atoms with E-state index in [1.54, 1.807) is 16.2 Å². The highest BCUT2D eigenvalue weighted by Crippen LogP contribution is 2.17. The van der Waals surface area contributed by atoms with Gasteiger partial charge in [-0.1, -0.05) is 12.1 Å². The molecule has 0 saturated carbocycles. The summed E-state index contributed by atoms with van der Waals surface area (Å²) in [5, 5.41) is 0.581. The van der Waals surface area contributed by atoms with Crippen molar-refractivity contribution >= 4 is 22.6 Å². The van der Waals surface area contributed by atoms with Crippen LogP contribution in [0.2, 0.25) is 0 Å². The largest absolute Gasteiger partial charge is 0.383 e. The molecule has 7 heteroatoms. The van der Waals surface area contributed by atoms with E-state index >= 15 is 0 Å². The van der Waals surface area contributed by atoms with Crippen molar-refractivity contribution in [2.24, 2.45) is 0 Å². The number of fused-ring (bicyclic) bond motifs is 1. The Hall–Kier alpha value is -1.99. The second-order valence-electron chi connectivity index (χ2n) is 3.97. The first-order chi connectivity index (χ1) is 9.33. The maximum atomic E-state index is 12.5. The van der Waals surface area contributed by atoms with Gasteiger partial charge in [-0.3, -0.25) is 4.57 Å². The number of rotatable bonds is 4. The Kier molecular flexibility index (Phi) is 3.14. The predicted octanol–water partition coefficient (Wildman–Crippen LogP) is 1.29. The second kappa shape index (κ2) is 4.94. The van der Waals surface area contributed by atoms with Gasteiger partial charge in [-0.25, -0.2) is 14.3 Å². The van der Waals surface area contributed by atoms with Crippen LogP contribution in [0, 0.1) is 0 Å². The van der Waals surface area contributed by atoms with Gasteiger partial charge in [0.1, 0.15) is 6.33 Å². The standard InChI is InChI=1S/C12H12N4O2S/c1-18-7-6-15-9-4-2-3-5-10(9)16(12(15)17)11-13-8-14-19-11/h2-5,8H,6-7H2,1H3. The van der Waals surface area contributed by atoms with Crippen molar-refractivity contribution in [1.82, 2.24) is 18.5 Å². The summed E-state index contributed by atoms with van der Waals surface area (Å²) in [7, 11) is 1.62. The molecule has 2 aromatic heterocycles. The molecule has 0 spiro atoms. The number of hydrogen-bond acceptors (Lipinski definition) is 5. The zero-order chi connectivity index (χ0) is 13.2. The summed E-state index contributed by atoms with van der Waals surface area (Å²) in [6.45, 7) is 1.01. The Balaban J connectivity index is 2.27. The van der Waals surface area contributed by atoms with Gasteiger partial charge >= 0.3 is 5.69 Å². The third-order valence-electron chi connectivity index (χ3n) is 2.90. The summed E-state index contributed by atoms with van der Waals surface area (Å²) >= 11 is 1.20. The smallest absolute Gasteiger partial charge is 0.335 e. The van der Waals surface area contributed by atoms with Crippen LogP contribution >= 0.6 is 11.5 Å². The highest BCUT2D eigenvalue weighted by molar-refractivity contribution is 7.08. The molecule has 0 radical (unpaired) electrons. The first-order valence-corrected chi connectivity index (χ1v) is 6.56. The second-order valence-corrected chi connectivity index (χ2v) is 4.73. The number of hydrogen-bond donors (Lipinski definition) is 0. The molecule has 3 rings (SSSR count). The summed E-state index contributed by atoms with van der Waals surface area (Å²) in [5.74, 6) is 0. The molecule has 0 aliphatic carbocycles. The maximum Gasteiger partial charge on any atom is 0.335 e. The Bertz CT molecular complexity index is 745. The van der Waals surface area contributed by atoms with Gasteiger partial charge in [0.05, 0.1) is 24.2 Å². The lowest BCUT2D eigenvalue weighted by atomic mass is 10.3. The average Bonchev–Trinajstić information content (AvgIpc) is 3.02. The Morgan fingerprint density at radius 2 is 2.11 bits per heavy atom. The van der Waals surface area contributed by atoms with Crippen molar-refractivity contribution in [3.63, 3.8) is 0 Å². The van der Waals surface area contributed by atoms with Gasteiger partial charge in [-0.05, 0) is 12.1 Å². The summed E-state index contributed by atoms with van der Waals surface area (Å²) in [6, 6.07) is 7.64. The van der Waals surface area contributed by atoms with Gasteiger partial charge in [0.15, 0.2) is 0 Å². The van der Waals surface area contributed by atoms with Crippen molar-refractivity contribution in [3.8, 4) is 5.13 Å². The summed E-state index contributed by atoms with van der Waals surface area (Å²) in [4.78, 5) is 16.6. The number of para-hydroxylation sites is 2. The third-order valence-corrected chi connectivity index (χ3v) is 3.55. The Morgan fingerprint density at radius 3 is 2.79 bits per heavy atom. The Labute approximate surface area is 113 Å². The van der Waals surface area contributed by atoms with Gasteiger partial charge < -0.3 is 4.74 Å². The van der Waals surface area contributed by atoms with Gasteiger partial charge in [0.2, 0.25) is 5.13 Å². The number of nitrogens with zero attached hydrogens (tertiary/aromatic N) is 4. The summed E-state index contributed by atoms with van der Waals surface area (Å²) in [6.07, 6.45) is 1.45. The van der Waals surface area contributed by atoms with Gasteiger partial charge in [-0.2, -0.15) is 4.37 Å². The molecular weight excluding hydrogens is 264 g/mol. The molecule has 98 valence electrons. The molecule has 0 aliphatic heterocycles.